The van der Waals surface area contributed by atoms with Gasteiger partial charge < -0.3 is 10.6 Å². The van der Waals surface area contributed by atoms with Crippen LogP contribution in [0.4, 0.5) is 5.82 Å². The minimum absolute atomic E-state index is 0.0645. The molecule has 1 saturated heterocycles. The van der Waals surface area contributed by atoms with E-state index < -0.39 is 0 Å². The average molecular weight is 261 g/mol. The molecule has 1 aliphatic rings. The third-order valence-electron chi connectivity index (χ3n) is 3.84. The Balaban J connectivity index is 1.99. The zero-order valence-corrected chi connectivity index (χ0v) is 11.8. The topological polar surface area (TPSA) is 69.2 Å². The van der Waals surface area contributed by atoms with Gasteiger partial charge in [-0.3, -0.25) is 10.3 Å². The number of nitrogen functional groups attached to an aromatic ring is 1. The van der Waals surface area contributed by atoms with Gasteiger partial charge in [0.05, 0.1) is 0 Å². The summed E-state index contributed by atoms with van der Waals surface area (Å²) in [5.74, 6) is 1.00. The molecule has 5 heteroatoms. The molecule has 0 radical (unpaired) electrons. The van der Waals surface area contributed by atoms with Crippen LogP contribution in [-0.4, -0.2) is 48.4 Å². The zero-order chi connectivity index (χ0) is 13.8. The van der Waals surface area contributed by atoms with Gasteiger partial charge in [-0.15, -0.1) is 0 Å². The number of nitrogens with zero attached hydrogens (tertiary/aromatic N) is 3. The molecule has 2 rings (SSSR count). The van der Waals surface area contributed by atoms with Gasteiger partial charge in [-0.1, -0.05) is 6.92 Å². The van der Waals surface area contributed by atoms with Crippen molar-refractivity contribution in [3.63, 3.8) is 0 Å². The van der Waals surface area contributed by atoms with Gasteiger partial charge in [0.25, 0.3) is 0 Å². The lowest BCUT2D eigenvalue weighted by atomic mass is 10.2. The van der Waals surface area contributed by atoms with E-state index in [-0.39, 0.29) is 5.84 Å². The van der Waals surface area contributed by atoms with Crippen molar-refractivity contribution < 1.29 is 0 Å². The Hall–Kier alpha value is -1.62. The summed E-state index contributed by atoms with van der Waals surface area (Å²) in [4.78, 5) is 9.09. The van der Waals surface area contributed by atoms with E-state index in [0.717, 1.165) is 18.9 Å². The quantitative estimate of drug-likeness (QED) is 0.619. The number of likely N-dealkylation sites (tertiary alicyclic amines) is 1. The minimum atomic E-state index is 0.0645. The van der Waals surface area contributed by atoms with Crippen molar-refractivity contribution in [1.82, 2.24) is 9.88 Å². The van der Waals surface area contributed by atoms with Crippen LogP contribution < -0.4 is 10.6 Å². The largest absolute Gasteiger partial charge is 0.384 e. The molecule has 1 unspecified atom stereocenters. The second kappa shape index (κ2) is 6.02. The maximum Gasteiger partial charge on any atom is 0.128 e. The van der Waals surface area contributed by atoms with Crippen LogP contribution in [0.1, 0.15) is 25.3 Å². The Labute approximate surface area is 114 Å². The van der Waals surface area contributed by atoms with E-state index in [0.29, 0.717) is 11.6 Å². The Morgan fingerprint density at radius 1 is 1.58 bits per heavy atom. The predicted molar refractivity (Wildman–Crippen MR) is 78.8 cm³/mol. The molecule has 104 valence electrons. The molecule has 1 aromatic heterocycles. The first kappa shape index (κ1) is 13.8. The summed E-state index contributed by atoms with van der Waals surface area (Å²) in [6, 6.07) is 4.42. The Morgan fingerprint density at radius 3 is 2.95 bits per heavy atom. The van der Waals surface area contributed by atoms with Gasteiger partial charge in [-0.25, -0.2) is 4.98 Å². The second-order valence-corrected chi connectivity index (χ2v) is 5.12. The SMILES string of the molecule is CCN1CCCC1CN(C)c1ccc(C(=N)N)cn1. The summed E-state index contributed by atoms with van der Waals surface area (Å²) in [7, 11) is 2.07. The molecule has 19 heavy (non-hydrogen) atoms. The number of anilines is 1. The lowest BCUT2D eigenvalue weighted by molar-refractivity contribution is 0.270. The Kier molecular flexibility index (Phi) is 4.37. The second-order valence-electron chi connectivity index (χ2n) is 5.12. The summed E-state index contributed by atoms with van der Waals surface area (Å²) in [5, 5.41) is 7.36. The summed E-state index contributed by atoms with van der Waals surface area (Å²) in [6.45, 7) is 5.55. The van der Waals surface area contributed by atoms with Crippen molar-refractivity contribution in [3.05, 3.63) is 23.9 Å². The molecule has 1 aromatic rings. The number of hydrogen-bond donors (Lipinski definition) is 2. The number of nitrogens with two attached hydrogens (primary N) is 1. The van der Waals surface area contributed by atoms with Crippen LogP contribution >= 0.6 is 0 Å². The van der Waals surface area contributed by atoms with Crippen molar-refractivity contribution in [2.75, 3.05) is 31.6 Å². The fraction of sp³-hybridized carbons (Fsp3) is 0.571. The lowest BCUT2D eigenvalue weighted by Crippen LogP contribution is -2.39. The number of pyridine rings is 1. The first-order valence-electron chi connectivity index (χ1n) is 6.87. The molecule has 5 nitrogen and oxygen atoms in total. The molecule has 0 saturated carbocycles. The van der Waals surface area contributed by atoms with Crippen LogP contribution in [0, 0.1) is 5.41 Å². The maximum atomic E-state index is 7.36. The lowest BCUT2D eigenvalue weighted by Gasteiger charge is -2.28. The predicted octanol–water partition coefficient (Wildman–Crippen LogP) is 1.29. The van der Waals surface area contributed by atoms with E-state index in [9.17, 15) is 0 Å². The summed E-state index contributed by atoms with van der Waals surface area (Å²) in [5.41, 5.74) is 6.11. The molecule has 2 heterocycles. The van der Waals surface area contributed by atoms with Crippen LogP contribution in [0.25, 0.3) is 0 Å². The maximum absolute atomic E-state index is 7.36. The van der Waals surface area contributed by atoms with Gasteiger partial charge in [-0.05, 0) is 38.1 Å². The molecule has 1 atom stereocenters. The van der Waals surface area contributed by atoms with E-state index >= 15 is 0 Å². The normalized spacial score (nSPS) is 19.6. The highest BCUT2D eigenvalue weighted by Crippen LogP contribution is 2.19. The molecular formula is C14H23N5. The molecule has 0 spiro atoms. The van der Waals surface area contributed by atoms with Crippen LogP contribution in [-0.2, 0) is 0 Å². The van der Waals surface area contributed by atoms with E-state index in [4.69, 9.17) is 11.1 Å². The van der Waals surface area contributed by atoms with E-state index in [2.05, 4.69) is 28.8 Å². The van der Waals surface area contributed by atoms with Crippen molar-refractivity contribution in [2.24, 2.45) is 5.73 Å². The fourth-order valence-electron chi connectivity index (χ4n) is 2.70. The third kappa shape index (κ3) is 3.23. The van der Waals surface area contributed by atoms with Crippen molar-refractivity contribution in [1.29, 1.82) is 5.41 Å². The van der Waals surface area contributed by atoms with E-state index in [1.807, 2.05) is 12.1 Å². The summed E-state index contributed by atoms with van der Waals surface area (Å²) < 4.78 is 0. The van der Waals surface area contributed by atoms with Crippen LogP contribution in [0.15, 0.2) is 18.3 Å². The number of likely N-dealkylation sites (N-methyl/N-ethyl adjacent to an activating group) is 2. The molecule has 0 aromatic carbocycles. The van der Waals surface area contributed by atoms with Gasteiger partial charge in [-0.2, -0.15) is 0 Å². The fourth-order valence-corrected chi connectivity index (χ4v) is 2.70. The third-order valence-corrected chi connectivity index (χ3v) is 3.84. The van der Waals surface area contributed by atoms with Gasteiger partial charge in [0, 0.05) is 31.4 Å². The summed E-state index contributed by atoms with van der Waals surface area (Å²) >= 11 is 0. The van der Waals surface area contributed by atoms with Crippen molar-refractivity contribution >= 4 is 11.7 Å². The van der Waals surface area contributed by atoms with Crippen molar-refractivity contribution in [2.45, 2.75) is 25.8 Å². The number of rotatable bonds is 5. The first-order valence-corrected chi connectivity index (χ1v) is 6.87. The average Bonchev–Trinajstić information content (AvgIpc) is 2.86. The van der Waals surface area contributed by atoms with Crippen LogP contribution in [0.2, 0.25) is 0 Å². The molecule has 1 fully saturated rings. The standard InChI is InChI=1S/C14H23N5/c1-3-19-8-4-5-12(19)10-18(2)13-7-6-11(9-17-13)14(15)16/h6-7,9,12H,3-5,8,10H2,1-2H3,(H3,15,16). The zero-order valence-electron chi connectivity index (χ0n) is 11.8. The Morgan fingerprint density at radius 2 is 2.37 bits per heavy atom. The monoisotopic (exact) mass is 261 g/mol. The molecule has 0 aliphatic carbocycles. The van der Waals surface area contributed by atoms with Crippen LogP contribution in [0.3, 0.4) is 0 Å². The minimum Gasteiger partial charge on any atom is -0.384 e. The number of hydrogen-bond acceptors (Lipinski definition) is 4. The first-order chi connectivity index (χ1) is 9.11. The van der Waals surface area contributed by atoms with Gasteiger partial charge in [0.15, 0.2) is 0 Å². The highest BCUT2D eigenvalue weighted by molar-refractivity contribution is 5.94. The number of aromatic nitrogens is 1. The Bertz CT molecular complexity index is 428. The molecular weight excluding hydrogens is 238 g/mol. The van der Waals surface area contributed by atoms with E-state index in [1.54, 1.807) is 6.20 Å². The van der Waals surface area contributed by atoms with Gasteiger partial charge in [0.2, 0.25) is 0 Å². The molecule has 0 amide bonds. The number of amidine groups is 1. The highest BCUT2D eigenvalue weighted by Gasteiger charge is 2.24. The van der Waals surface area contributed by atoms with Gasteiger partial charge in [0.1, 0.15) is 11.7 Å². The molecule has 0 bridgehead atoms. The van der Waals surface area contributed by atoms with Crippen LogP contribution in [0.5, 0.6) is 0 Å². The summed E-state index contributed by atoms with van der Waals surface area (Å²) in [6.07, 6.45) is 4.23. The van der Waals surface area contributed by atoms with Crippen molar-refractivity contribution in [3.8, 4) is 0 Å². The molecule has 1 aliphatic heterocycles. The number of nitrogens with one attached hydrogen (secondary N) is 1. The molecule has 3 N–H and O–H groups in total. The highest BCUT2D eigenvalue weighted by atomic mass is 15.2. The van der Waals surface area contributed by atoms with E-state index in [1.165, 1.54) is 19.4 Å². The van der Waals surface area contributed by atoms with Gasteiger partial charge >= 0.3 is 0 Å². The smallest absolute Gasteiger partial charge is 0.128 e.